The molecule has 0 aliphatic carbocycles. The zero-order chi connectivity index (χ0) is 21.1. The molecule has 1 amide bonds. The summed E-state index contributed by atoms with van der Waals surface area (Å²) in [5.41, 5.74) is 2.79. The Morgan fingerprint density at radius 2 is 1.79 bits per heavy atom. The summed E-state index contributed by atoms with van der Waals surface area (Å²) < 4.78 is 14.0. The SMILES string of the molecule is CCOc1cc(/C=C2\SC(=S)N(n3c(C)ccc3C)C2=O)ccc1OCC(C)C. The Morgan fingerprint density at radius 1 is 1.10 bits per heavy atom. The molecule has 2 heterocycles. The van der Waals surface area contributed by atoms with E-state index in [1.54, 1.807) is 5.01 Å². The summed E-state index contributed by atoms with van der Waals surface area (Å²) >= 11 is 6.79. The predicted molar refractivity (Wildman–Crippen MR) is 123 cm³/mol. The van der Waals surface area contributed by atoms with E-state index in [1.807, 2.05) is 61.9 Å². The van der Waals surface area contributed by atoms with Gasteiger partial charge in [-0.3, -0.25) is 9.47 Å². The highest BCUT2D eigenvalue weighted by molar-refractivity contribution is 8.27. The molecular formula is C22H26N2O3S2. The van der Waals surface area contributed by atoms with Gasteiger partial charge < -0.3 is 9.47 Å². The molecule has 1 aliphatic heterocycles. The first-order valence-electron chi connectivity index (χ1n) is 9.64. The summed E-state index contributed by atoms with van der Waals surface area (Å²) in [5.74, 6) is 1.69. The Kier molecular flexibility index (Phi) is 6.70. The van der Waals surface area contributed by atoms with Crippen molar-refractivity contribution < 1.29 is 14.3 Å². The highest BCUT2D eigenvalue weighted by atomic mass is 32.2. The molecule has 29 heavy (non-hydrogen) atoms. The Labute approximate surface area is 181 Å². The number of carbonyl (C=O) groups excluding carboxylic acids is 1. The molecular weight excluding hydrogens is 404 g/mol. The fourth-order valence-corrected chi connectivity index (χ4v) is 4.26. The fraction of sp³-hybridized carbons (Fsp3) is 0.364. The topological polar surface area (TPSA) is 43.7 Å². The van der Waals surface area contributed by atoms with Gasteiger partial charge in [0.25, 0.3) is 5.91 Å². The van der Waals surface area contributed by atoms with Crippen molar-refractivity contribution in [2.75, 3.05) is 18.2 Å². The van der Waals surface area contributed by atoms with E-state index in [4.69, 9.17) is 21.7 Å². The van der Waals surface area contributed by atoms with Crippen molar-refractivity contribution in [2.24, 2.45) is 5.92 Å². The Hall–Kier alpha value is -2.25. The van der Waals surface area contributed by atoms with E-state index < -0.39 is 0 Å². The first-order chi connectivity index (χ1) is 13.8. The Balaban J connectivity index is 1.89. The molecule has 3 rings (SSSR count). The minimum Gasteiger partial charge on any atom is -0.490 e. The molecule has 7 heteroatoms. The number of amides is 1. The van der Waals surface area contributed by atoms with E-state index >= 15 is 0 Å². The molecule has 0 atom stereocenters. The number of thioether (sulfide) groups is 1. The zero-order valence-electron chi connectivity index (χ0n) is 17.4. The van der Waals surface area contributed by atoms with Crippen LogP contribution in [0.5, 0.6) is 11.5 Å². The van der Waals surface area contributed by atoms with Gasteiger partial charge in [0.05, 0.1) is 18.1 Å². The number of hydrogen-bond acceptors (Lipinski definition) is 5. The van der Waals surface area contributed by atoms with Gasteiger partial charge in [0.2, 0.25) is 0 Å². The van der Waals surface area contributed by atoms with Crippen molar-refractivity contribution in [3.8, 4) is 11.5 Å². The maximum absolute atomic E-state index is 13.1. The normalized spacial score (nSPS) is 15.7. The summed E-state index contributed by atoms with van der Waals surface area (Å²) in [7, 11) is 0. The van der Waals surface area contributed by atoms with Gasteiger partial charge in [0, 0.05) is 11.4 Å². The molecule has 1 aliphatic rings. The molecule has 0 radical (unpaired) electrons. The highest BCUT2D eigenvalue weighted by Gasteiger charge is 2.34. The van der Waals surface area contributed by atoms with E-state index in [1.165, 1.54) is 11.8 Å². The lowest BCUT2D eigenvalue weighted by Crippen LogP contribution is -2.39. The number of aromatic nitrogens is 1. The highest BCUT2D eigenvalue weighted by Crippen LogP contribution is 2.35. The minimum absolute atomic E-state index is 0.125. The smallest absolute Gasteiger partial charge is 0.285 e. The molecule has 0 spiro atoms. The molecule has 5 nitrogen and oxygen atoms in total. The van der Waals surface area contributed by atoms with Crippen LogP contribution in [-0.2, 0) is 4.79 Å². The second kappa shape index (κ2) is 9.05. The maximum atomic E-state index is 13.1. The number of aryl methyl sites for hydroxylation is 2. The zero-order valence-corrected chi connectivity index (χ0v) is 19.0. The van der Waals surface area contributed by atoms with Gasteiger partial charge in [-0.1, -0.05) is 31.7 Å². The molecule has 154 valence electrons. The third-order valence-electron chi connectivity index (χ3n) is 4.34. The van der Waals surface area contributed by atoms with E-state index in [0.29, 0.717) is 39.9 Å². The van der Waals surface area contributed by atoms with Crippen molar-refractivity contribution in [1.82, 2.24) is 4.68 Å². The summed E-state index contributed by atoms with van der Waals surface area (Å²) in [6, 6.07) is 9.67. The van der Waals surface area contributed by atoms with Crippen LogP contribution in [0.4, 0.5) is 0 Å². The van der Waals surface area contributed by atoms with E-state index in [2.05, 4.69) is 13.8 Å². The third kappa shape index (κ3) is 4.67. The van der Waals surface area contributed by atoms with E-state index in [0.717, 1.165) is 17.0 Å². The van der Waals surface area contributed by atoms with Crippen molar-refractivity contribution in [3.63, 3.8) is 0 Å². The van der Waals surface area contributed by atoms with Crippen LogP contribution < -0.4 is 14.5 Å². The van der Waals surface area contributed by atoms with Crippen molar-refractivity contribution in [2.45, 2.75) is 34.6 Å². The Bertz CT molecular complexity index is 943. The number of ether oxygens (including phenoxy) is 2. The van der Waals surface area contributed by atoms with Crippen LogP contribution >= 0.6 is 24.0 Å². The molecule has 0 saturated carbocycles. The van der Waals surface area contributed by atoms with Crippen molar-refractivity contribution >= 4 is 40.3 Å². The quantitative estimate of drug-likeness (QED) is 0.453. The molecule has 2 aromatic rings. The van der Waals surface area contributed by atoms with Crippen molar-refractivity contribution in [3.05, 3.63) is 52.2 Å². The molecule has 1 aromatic heterocycles. The molecule has 1 aromatic carbocycles. The van der Waals surface area contributed by atoms with Crippen LogP contribution in [0, 0.1) is 19.8 Å². The monoisotopic (exact) mass is 430 g/mol. The number of benzene rings is 1. The first kappa shape index (κ1) is 21.5. The summed E-state index contributed by atoms with van der Waals surface area (Å²) in [6.45, 7) is 11.2. The van der Waals surface area contributed by atoms with Gasteiger partial charge in [-0.2, -0.15) is 5.01 Å². The largest absolute Gasteiger partial charge is 0.490 e. The van der Waals surface area contributed by atoms with Crippen LogP contribution in [0.3, 0.4) is 0 Å². The number of nitrogens with zero attached hydrogens (tertiary/aromatic N) is 2. The summed E-state index contributed by atoms with van der Waals surface area (Å²) in [5, 5.41) is 1.56. The van der Waals surface area contributed by atoms with Crippen LogP contribution in [-0.4, -0.2) is 28.1 Å². The second-order valence-electron chi connectivity index (χ2n) is 7.27. The molecule has 1 fully saturated rings. The van der Waals surface area contributed by atoms with E-state index in [9.17, 15) is 4.79 Å². The lowest BCUT2D eigenvalue weighted by Gasteiger charge is -2.20. The van der Waals surface area contributed by atoms with Gasteiger partial charge in [0.1, 0.15) is 0 Å². The fourth-order valence-electron chi connectivity index (χ4n) is 3.02. The van der Waals surface area contributed by atoms with Gasteiger partial charge in [-0.25, -0.2) is 0 Å². The van der Waals surface area contributed by atoms with Crippen LogP contribution in [0.1, 0.15) is 37.7 Å². The van der Waals surface area contributed by atoms with Gasteiger partial charge in [-0.15, -0.1) is 0 Å². The van der Waals surface area contributed by atoms with Crippen LogP contribution in [0.2, 0.25) is 0 Å². The summed E-state index contributed by atoms with van der Waals surface area (Å²) in [4.78, 5) is 13.6. The standard InChI is InChI=1S/C22H26N2O3S2/c1-6-26-19-11-17(9-10-18(19)27-13-14(2)3)12-20-21(25)24(22(28)29-20)23-15(4)7-8-16(23)5/h7-12,14H,6,13H2,1-5H3/b20-12-. The lowest BCUT2D eigenvalue weighted by molar-refractivity contribution is -0.114. The van der Waals surface area contributed by atoms with Gasteiger partial charge in [-0.05, 0) is 74.8 Å². The number of carbonyl (C=O) groups is 1. The number of rotatable bonds is 7. The van der Waals surface area contributed by atoms with E-state index in [-0.39, 0.29) is 5.91 Å². The average Bonchev–Trinajstić information content (AvgIpc) is 3.12. The summed E-state index contributed by atoms with van der Waals surface area (Å²) in [6.07, 6.45) is 1.85. The number of thiocarbonyl (C=S) groups is 1. The second-order valence-corrected chi connectivity index (χ2v) is 8.94. The average molecular weight is 431 g/mol. The van der Waals surface area contributed by atoms with Crippen molar-refractivity contribution in [1.29, 1.82) is 0 Å². The van der Waals surface area contributed by atoms with Gasteiger partial charge in [0.15, 0.2) is 15.8 Å². The first-order valence-corrected chi connectivity index (χ1v) is 10.9. The molecule has 1 saturated heterocycles. The number of hydrogen-bond donors (Lipinski definition) is 0. The molecule has 0 unspecified atom stereocenters. The minimum atomic E-state index is -0.125. The maximum Gasteiger partial charge on any atom is 0.285 e. The Morgan fingerprint density at radius 3 is 2.41 bits per heavy atom. The van der Waals surface area contributed by atoms with Gasteiger partial charge >= 0.3 is 0 Å². The lowest BCUT2D eigenvalue weighted by atomic mass is 10.1. The predicted octanol–water partition coefficient (Wildman–Crippen LogP) is 5.08. The van der Waals surface area contributed by atoms with Crippen LogP contribution in [0.25, 0.3) is 6.08 Å². The van der Waals surface area contributed by atoms with Crippen LogP contribution in [0.15, 0.2) is 35.2 Å². The molecule has 0 bridgehead atoms. The molecule has 0 N–H and O–H groups in total. The third-order valence-corrected chi connectivity index (χ3v) is 5.63.